The van der Waals surface area contributed by atoms with Gasteiger partial charge in [0.1, 0.15) is 6.33 Å². The molecular formula is C15H17N5OS2. The monoisotopic (exact) mass is 347 g/mol. The van der Waals surface area contributed by atoms with Gasteiger partial charge in [-0.3, -0.25) is 4.79 Å². The highest BCUT2D eigenvalue weighted by atomic mass is 32.2. The number of aromatic nitrogens is 3. The van der Waals surface area contributed by atoms with E-state index >= 15 is 0 Å². The largest absolute Gasteiger partial charge is 0.324 e. The summed E-state index contributed by atoms with van der Waals surface area (Å²) in [7, 11) is 0. The summed E-state index contributed by atoms with van der Waals surface area (Å²) in [6.07, 6.45) is 1.67. The predicted octanol–water partition coefficient (Wildman–Crippen LogP) is 3.21. The molecular weight excluding hydrogens is 330 g/mol. The summed E-state index contributed by atoms with van der Waals surface area (Å²) >= 11 is 2.75. The number of carbonyl (C=O) groups excluding carboxylic acids is 1. The second-order valence-corrected chi connectivity index (χ2v) is 6.85. The van der Waals surface area contributed by atoms with Gasteiger partial charge >= 0.3 is 0 Å². The van der Waals surface area contributed by atoms with Crippen molar-refractivity contribution in [1.82, 2.24) is 14.8 Å². The molecule has 0 fully saturated rings. The Morgan fingerprint density at radius 3 is 2.91 bits per heavy atom. The number of thioether (sulfide) groups is 2. The average molecular weight is 347 g/mol. The molecule has 0 bridgehead atoms. The Labute approximate surface area is 143 Å². The number of hydrogen-bond acceptors (Lipinski definition) is 6. The fourth-order valence-corrected chi connectivity index (χ4v) is 3.33. The zero-order valence-electron chi connectivity index (χ0n) is 12.9. The van der Waals surface area contributed by atoms with E-state index in [1.807, 2.05) is 42.7 Å². The van der Waals surface area contributed by atoms with Gasteiger partial charge in [-0.1, -0.05) is 23.9 Å². The standard InChI is InChI=1S/C15H17N5OS2/c1-11(2)20-10-17-19-15(20)23-9-14(21)18-12-5-3-4-6-13(12)22-8-7-16/h3-6,10-11H,8-9H2,1-2H3,(H,18,21). The van der Waals surface area contributed by atoms with E-state index in [0.717, 1.165) is 15.7 Å². The van der Waals surface area contributed by atoms with Crippen molar-refractivity contribution in [1.29, 1.82) is 5.26 Å². The number of carbonyl (C=O) groups is 1. The van der Waals surface area contributed by atoms with Crippen LogP contribution < -0.4 is 5.32 Å². The lowest BCUT2D eigenvalue weighted by Crippen LogP contribution is -2.15. The Balaban J connectivity index is 1.95. The topological polar surface area (TPSA) is 83.6 Å². The Kier molecular flexibility index (Phi) is 6.50. The van der Waals surface area contributed by atoms with Crippen LogP contribution in [0.5, 0.6) is 0 Å². The van der Waals surface area contributed by atoms with Crippen molar-refractivity contribution >= 4 is 35.1 Å². The van der Waals surface area contributed by atoms with E-state index < -0.39 is 0 Å². The van der Waals surface area contributed by atoms with Crippen LogP contribution >= 0.6 is 23.5 Å². The van der Waals surface area contributed by atoms with Crippen molar-refractivity contribution in [2.45, 2.75) is 29.9 Å². The van der Waals surface area contributed by atoms with Crippen LogP contribution in [0.1, 0.15) is 19.9 Å². The van der Waals surface area contributed by atoms with Crippen molar-refractivity contribution < 1.29 is 4.79 Å². The highest BCUT2D eigenvalue weighted by molar-refractivity contribution is 8.00. The number of benzene rings is 1. The molecule has 0 spiro atoms. The van der Waals surface area contributed by atoms with Crippen LogP contribution in [-0.2, 0) is 4.79 Å². The van der Waals surface area contributed by atoms with Gasteiger partial charge in [-0.2, -0.15) is 5.26 Å². The summed E-state index contributed by atoms with van der Waals surface area (Å²) in [5, 5.41) is 20.2. The van der Waals surface area contributed by atoms with Gasteiger partial charge in [0.2, 0.25) is 5.91 Å². The summed E-state index contributed by atoms with van der Waals surface area (Å²) in [6, 6.07) is 9.80. The van der Waals surface area contributed by atoms with Gasteiger partial charge in [0, 0.05) is 10.9 Å². The third-order valence-electron chi connectivity index (χ3n) is 2.88. The first-order chi connectivity index (χ1) is 11.1. The molecule has 0 atom stereocenters. The summed E-state index contributed by atoms with van der Waals surface area (Å²) in [5.74, 6) is 0.486. The molecule has 0 aliphatic rings. The molecule has 1 N–H and O–H groups in total. The second-order valence-electron chi connectivity index (χ2n) is 4.89. The summed E-state index contributed by atoms with van der Waals surface area (Å²) in [6.45, 7) is 4.08. The maximum absolute atomic E-state index is 12.2. The molecule has 0 saturated carbocycles. The van der Waals surface area contributed by atoms with Gasteiger partial charge < -0.3 is 9.88 Å². The number of amides is 1. The number of nitrogens with one attached hydrogen (secondary N) is 1. The zero-order chi connectivity index (χ0) is 16.7. The van der Waals surface area contributed by atoms with Crippen molar-refractivity contribution in [2.75, 3.05) is 16.8 Å². The van der Waals surface area contributed by atoms with Crippen molar-refractivity contribution in [3.05, 3.63) is 30.6 Å². The number of hydrogen-bond donors (Lipinski definition) is 1. The normalized spacial score (nSPS) is 10.5. The average Bonchev–Trinajstić information content (AvgIpc) is 3.01. The molecule has 0 aliphatic heterocycles. The molecule has 8 heteroatoms. The van der Waals surface area contributed by atoms with E-state index in [4.69, 9.17) is 5.26 Å². The van der Waals surface area contributed by atoms with E-state index in [1.54, 1.807) is 6.33 Å². The van der Waals surface area contributed by atoms with Crippen LogP contribution in [0.4, 0.5) is 5.69 Å². The van der Waals surface area contributed by atoms with Gasteiger partial charge in [0.15, 0.2) is 5.16 Å². The van der Waals surface area contributed by atoms with Crippen molar-refractivity contribution in [2.24, 2.45) is 0 Å². The van der Waals surface area contributed by atoms with E-state index in [1.165, 1.54) is 23.5 Å². The van der Waals surface area contributed by atoms with Crippen LogP contribution in [-0.4, -0.2) is 32.2 Å². The molecule has 0 aliphatic carbocycles. The lowest BCUT2D eigenvalue weighted by atomic mass is 10.3. The molecule has 2 aromatic rings. The quantitative estimate of drug-likeness (QED) is 0.774. The highest BCUT2D eigenvalue weighted by Gasteiger charge is 2.12. The fourth-order valence-electron chi connectivity index (χ4n) is 1.81. The van der Waals surface area contributed by atoms with Gasteiger partial charge in [-0.25, -0.2) is 0 Å². The summed E-state index contributed by atoms with van der Waals surface area (Å²) < 4.78 is 1.93. The third kappa shape index (κ3) is 5.01. The van der Waals surface area contributed by atoms with Crippen LogP contribution in [0, 0.1) is 11.3 Å². The number of anilines is 1. The zero-order valence-corrected chi connectivity index (χ0v) is 14.5. The molecule has 120 valence electrons. The Bertz CT molecular complexity index is 708. The van der Waals surface area contributed by atoms with E-state index in [-0.39, 0.29) is 17.7 Å². The molecule has 1 amide bonds. The number of nitrogens with zero attached hydrogens (tertiary/aromatic N) is 4. The maximum atomic E-state index is 12.2. The van der Waals surface area contributed by atoms with Gasteiger partial charge in [0.25, 0.3) is 0 Å². The molecule has 23 heavy (non-hydrogen) atoms. The van der Waals surface area contributed by atoms with Gasteiger partial charge in [-0.05, 0) is 26.0 Å². The Hall–Kier alpha value is -1.98. The van der Waals surface area contributed by atoms with Gasteiger partial charge in [-0.15, -0.1) is 22.0 Å². The van der Waals surface area contributed by atoms with E-state index in [2.05, 4.69) is 21.6 Å². The fraction of sp³-hybridized carbons (Fsp3) is 0.333. The predicted molar refractivity (Wildman–Crippen MR) is 92.5 cm³/mol. The Morgan fingerprint density at radius 2 is 2.17 bits per heavy atom. The number of nitriles is 1. The molecule has 0 radical (unpaired) electrons. The lowest BCUT2D eigenvalue weighted by molar-refractivity contribution is -0.113. The molecule has 1 aromatic heterocycles. The first kappa shape index (κ1) is 17.4. The number of rotatable bonds is 7. The summed E-state index contributed by atoms with van der Waals surface area (Å²) in [4.78, 5) is 13.0. The molecule has 0 unspecified atom stereocenters. The first-order valence-corrected chi connectivity index (χ1v) is 9.00. The van der Waals surface area contributed by atoms with Crippen LogP contribution in [0.3, 0.4) is 0 Å². The third-order valence-corrected chi connectivity index (χ3v) is 4.78. The van der Waals surface area contributed by atoms with Crippen molar-refractivity contribution in [3.63, 3.8) is 0 Å². The van der Waals surface area contributed by atoms with Crippen molar-refractivity contribution in [3.8, 4) is 6.07 Å². The highest BCUT2D eigenvalue weighted by Crippen LogP contribution is 2.27. The second kappa shape index (κ2) is 8.60. The minimum atomic E-state index is -0.113. The smallest absolute Gasteiger partial charge is 0.234 e. The number of para-hydroxylation sites is 1. The SMILES string of the molecule is CC(C)n1cnnc1SCC(=O)Nc1ccccc1SCC#N. The molecule has 6 nitrogen and oxygen atoms in total. The minimum Gasteiger partial charge on any atom is -0.324 e. The molecule has 2 rings (SSSR count). The first-order valence-electron chi connectivity index (χ1n) is 7.02. The summed E-state index contributed by atoms with van der Waals surface area (Å²) in [5.41, 5.74) is 0.726. The minimum absolute atomic E-state index is 0.113. The van der Waals surface area contributed by atoms with E-state index in [0.29, 0.717) is 5.75 Å². The maximum Gasteiger partial charge on any atom is 0.234 e. The molecule has 1 aromatic carbocycles. The van der Waals surface area contributed by atoms with Gasteiger partial charge in [0.05, 0.1) is 23.3 Å². The van der Waals surface area contributed by atoms with Crippen LogP contribution in [0.15, 0.2) is 40.6 Å². The molecule has 0 saturated heterocycles. The van der Waals surface area contributed by atoms with Crippen LogP contribution in [0.25, 0.3) is 0 Å². The van der Waals surface area contributed by atoms with Crippen LogP contribution in [0.2, 0.25) is 0 Å². The van der Waals surface area contributed by atoms with E-state index in [9.17, 15) is 4.79 Å². The molecule has 1 heterocycles. The lowest BCUT2D eigenvalue weighted by Gasteiger charge is -2.11. The Morgan fingerprint density at radius 1 is 1.39 bits per heavy atom.